The number of fused-ring (bicyclic) bond motifs is 3. The van der Waals surface area contributed by atoms with Crippen molar-refractivity contribution in [2.45, 2.75) is 77.6 Å². The standard InChI is InChI=1S/C30H44O9/c1-15(2)8-17-4-5-20-19-6-7-22-21-13-37-14-30(22,23(19)9-24(34)27(20)26(17)29(35)36)10-25(39-16(3)32)28(21)38-12-18(33)11-31/h9,15,17-22,25-28,31,33H,4-8,10-14H2,1-3H3,(H,35,36)/t17?,18?,19?,20?,21?,22?,25-,26?,27?,28-,30+/m1/s1. The molecule has 5 aliphatic rings. The second-order valence-corrected chi connectivity index (χ2v) is 13.1. The summed E-state index contributed by atoms with van der Waals surface area (Å²) >= 11 is 0. The van der Waals surface area contributed by atoms with Crippen LogP contribution in [0.4, 0.5) is 0 Å². The van der Waals surface area contributed by atoms with Crippen molar-refractivity contribution in [3.8, 4) is 0 Å². The van der Waals surface area contributed by atoms with Gasteiger partial charge in [0.2, 0.25) is 0 Å². The van der Waals surface area contributed by atoms with Gasteiger partial charge in [0.1, 0.15) is 12.2 Å². The molecule has 2 bridgehead atoms. The van der Waals surface area contributed by atoms with Crippen molar-refractivity contribution in [2.24, 2.45) is 52.8 Å². The molecule has 0 aromatic rings. The van der Waals surface area contributed by atoms with E-state index in [0.717, 1.165) is 37.7 Å². The quantitative estimate of drug-likeness (QED) is 0.391. The largest absolute Gasteiger partial charge is 0.481 e. The SMILES string of the molecule is CC(=O)O[C@@H]1C[C@]23COCC(C2CCC2C3=CC(=O)C3C2CCC(CC(C)C)C3C(=O)O)[C@H]1OCC(O)CO. The van der Waals surface area contributed by atoms with Gasteiger partial charge in [-0.1, -0.05) is 19.4 Å². The van der Waals surface area contributed by atoms with E-state index in [2.05, 4.69) is 13.8 Å². The number of carboxylic acid groups (broad SMARTS) is 1. The Kier molecular flexibility index (Phi) is 8.26. The van der Waals surface area contributed by atoms with Gasteiger partial charge >= 0.3 is 11.9 Å². The third-order valence-corrected chi connectivity index (χ3v) is 10.5. The summed E-state index contributed by atoms with van der Waals surface area (Å²) in [5, 5.41) is 29.5. The maximum atomic E-state index is 13.9. The molecule has 1 heterocycles. The van der Waals surface area contributed by atoms with Gasteiger partial charge in [0.15, 0.2) is 5.78 Å². The number of hydrogen-bond acceptors (Lipinski definition) is 8. The van der Waals surface area contributed by atoms with E-state index in [9.17, 15) is 29.7 Å². The second-order valence-electron chi connectivity index (χ2n) is 13.1. The normalized spacial score (nSPS) is 42.1. The minimum Gasteiger partial charge on any atom is -0.481 e. The Labute approximate surface area is 230 Å². The van der Waals surface area contributed by atoms with Crippen molar-refractivity contribution in [1.82, 2.24) is 0 Å². The molecule has 9 nitrogen and oxygen atoms in total. The maximum absolute atomic E-state index is 13.9. The van der Waals surface area contributed by atoms with E-state index in [0.29, 0.717) is 25.6 Å². The van der Waals surface area contributed by atoms with Gasteiger partial charge in [-0.15, -0.1) is 0 Å². The van der Waals surface area contributed by atoms with Crippen LogP contribution in [-0.2, 0) is 28.6 Å². The molecule has 0 aromatic carbocycles. The molecule has 39 heavy (non-hydrogen) atoms. The zero-order valence-corrected chi connectivity index (χ0v) is 23.3. The number of aliphatic hydroxyl groups excluding tert-OH is 2. The molecule has 11 atom stereocenters. The van der Waals surface area contributed by atoms with Crippen LogP contribution >= 0.6 is 0 Å². The minimum absolute atomic E-state index is 0.00133. The first-order valence-corrected chi connectivity index (χ1v) is 14.7. The van der Waals surface area contributed by atoms with Gasteiger partial charge in [0.05, 0.1) is 38.4 Å². The minimum atomic E-state index is -1.03. The molecular weight excluding hydrogens is 504 g/mol. The highest BCUT2D eigenvalue weighted by molar-refractivity contribution is 5.97. The smallest absolute Gasteiger partial charge is 0.307 e. The summed E-state index contributed by atoms with van der Waals surface area (Å²) in [7, 11) is 0. The first kappa shape index (κ1) is 28.7. The molecule has 3 saturated carbocycles. The van der Waals surface area contributed by atoms with Crippen molar-refractivity contribution < 1.29 is 43.9 Å². The number of esters is 1. The number of carbonyl (C=O) groups excluding carboxylic acids is 2. The van der Waals surface area contributed by atoms with Crippen LogP contribution in [0.25, 0.3) is 0 Å². The second kappa shape index (κ2) is 11.2. The lowest BCUT2D eigenvalue weighted by atomic mass is 9.45. The Balaban J connectivity index is 1.49. The molecule has 5 rings (SSSR count). The van der Waals surface area contributed by atoms with Crippen LogP contribution in [0.5, 0.6) is 0 Å². The number of ether oxygens (including phenoxy) is 3. The number of ketones is 1. The summed E-state index contributed by atoms with van der Waals surface area (Å²) in [5.41, 5.74) is 0.586. The van der Waals surface area contributed by atoms with Crippen LogP contribution < -0.4 is 0 Å². The van der Waals surface area contributed by atoms with E-state index >= 15 is 0 Å². The zero-order chi connectivity index (χ0) is 28.1. The molecule has 0 amide bonds. The fraction of sp³-hybridized carbons (Fsp3) is 0.833. The summed E-state index contributed by atoms with van der Waals surface area (Å²) in [6, 6.07) is 0. The lowest BCUT2D eigenvalue weighted by Crippen LogP contribution is -2.64. The summed E-state index contributed by atoms with van der Waals surface area (Å²) < 4.78 is 18.1. The lowest BCUT2D eigenvalue weighted by Gasteiger charge is -2.63. The molecule has 0 spiro atoms. The zero-order valence-electron chi connectivity index (χ0n) is 23.3. The van der Waals surface area contributed by atoms with Gasteiger partial charge in [0, 0.05) is 24.2 Å². The average Bonchev–Trinajstić information content (AvgIpc) is 2.87. The molecule has 3 N–H and O–H groups in total. The molecule has 9 heteroatoms. The Morgan fingerprint density at radius 2 is 1.95 bits per heavy atom. The van der Waals surface area contributed by atoms with Crippen molar-refractivity contribution >= 4 is 17.7 Å². The predicted octanol–water partition coefficient (Wildman–Crippen LogP) is 2.62. The number of aliphatic carboxylic acids is 1. The number of carbonyl (C=O) groups is 3. The fourth-order valence-corrected chi connectivity index (χ4v) is 9.25. The number of rotatable bonds is 8. The van der Waals surface area contributed by atoms with E-state index in [1.807, 2.05) is 0 Å². The van der Waals surface area contributed by atoms with Crippen LogP contribution in [-0.4, -0.2) is 77.8 Å². The van der Waals surface area contributed by atoms with Gasteiger partial charge < -0.3 is 29.5 Å². The van der Waals surface area contributed by atoms with Crippen molar-refractivity contribution in [1.29, 1.82) is 0 Å². The molecule has 1 saturated heterocycles. The molecule has 0 aromatic heterocycles. The Hall–Kier alpha value is -1.81. The van der Waals surface area contributed by atoms with Gasteiger partial charge in [-0.2, -0.15) is 0 Å². The predicted molar refractivity (Wildman–Crippen MR) is 139 cm³/mol. The number of carboxylic acids is 1. The molecule has 0 radical (unpaired) electrons. The molecule has 8 unspecified atom stereocenters. The van der Waals surface area contributed by atoms with E-state index in [4.69, 9.17) is 14.2 Å². The molecule has 218 valence electrons. The van der Waals surface area contributed by atoms with Gasteiger partial charge in [0.25, 0.3) is 0 Å². The van der Waals surface area contributed by atoms with Crippen molar-refractivity contribution in [2.75, 3.05) is 26.4 Å². The molecule has 1 aliphatic heterocycles. The van der Waals surface area contributed by atoms with Crippen molar-refractivity contribution in [3.63, 3.8) is 0 Å². The van der Waals surface area contributed by atoms with Crippen LogP contribution in [0.3, 0.4) is 0 Å². The lowest BCUT2D eigenvalue weighted by molar-refractivity contribution is -0.228. The van der Waals surface area contributed by atoms with Crippen molar-refractivity contribution in [3.05, 3.63) is 11.6 Å². The van der Waals surface area contributed by atoms with E-state index < -0.39 is 54.1 Å². The highest BCUT2D eigenvalue weighted by atomic mass is 16.6. The Morgan fingerprint density at radius 3 is 2.62 bits per heavy atom. The van der Waals surface area contributed by atoms with Crippen LogP contribution in [0.1, 0.15) is 59.3 Å². The molecule has 4 fully saturated rings. The highest BCUT2D eigenvalue weighted by Gasteiger charge is 2.64. The number of hydrogen-bond donors (Lipinski definition) is 3. The summed E-state index contributed by atoms with van der Waals surface area (Å²) in [6.07, 6.45) is 4.40. The Morgan fingerprint density at radius 1 is 1.18 bits per heavy atom. The first-order chi connectivity index (χ1) is 18.6. The molecular formula is C30H44O9. The van der Waals surface area contributed by atoms with E-state index in [-0.39, 0.29) is 42.0 Å². The van der Waals surface area contributed by atoms with Gasteiger partial charge in [-0.25, -0.2) is 0 Å². The first-order valence-electron chi connectivity index (χ1n) is 14.7. The van der Waals surface area contributed by atoms with Gasteiger partial charge in [-0.05, 0) is 74.2 Å². The van der Waals surface area contributed by atoms with Gasteiger partial charge in [-0.3, -0.25) is 14.4 Å². The highest BCUT2D eigenvalue weighted by Crippen LogP contribution is 2.64. The fourth-order valence-electron chi connectivity index (χ4n) is 9.25. The third kappa shape index (κ3) is 5.09. The average molecular weight is 549 g/mol. The van der Waals surface area contributed by atoms with Crippen LogP contribution in [0, 0.1) is 52.8 Å². The van der Waals surface area contributed by atoms with E-state index in [1.165, 1.54) is 6.92 Å². The van der Waals surface area contributed by atoms with E-state index in [1.54, 1.807) is 6.08 Å². The Bertz CT molecular complexity index is 991. The maximum Gasteiger partial charge on any atom is 0.307 e. The number of allylic oxidation sites excluding steroid dienone is 1. The summed E-state index contributed by atoms with van der Waals surface area (Å²) in [4.78, 5) is 38.5. The van der Waals surface area contributed by atoms with Crippen LogP contribution in [0.2, 0.25) is 0 Å². The topological polar surface area (TPSA) is 140 Å². The number of aliphatic hydroxyl groups is 2. The molecule has 4 aliphatic carbocycles. The summed E-state index contributed by atoms with van der Waals surface area (Å²) in [6.45, 7) is 5.95. The summed E-state index contributed by atoms with van der Waals surface area (Å²) in [5.74, 6) is -1.93. The third-order valence-electron chi connectivity index (χ3n) is 10.5. The monoisotopic (exact) mass is 548 g/mol. The van der Waals surface area contributed by atoms with Crippen LogP contribution in [0.15, 0.2) is 11.6 Å².